The maximum Gasteiger partial charge on any atom is 0.160 e. The summed E-state index contributed by atoms with van der Waals surface area (Å²) in [4.78, 5) is 9.36. The fourth-order valence-corrected chi connectivity index (χ4v) is 3.22. The second kappa shape index (κ2) is 6.78. The number of rotatable bonds is 6. The highest BCUT2D eigenvalue weighted by Crippen LogP contribution is 2.26. The fraction of sp³-hybridized carbons (Fsp3) is 0.647. The predicted molar refractivity (Wildman–Crippen MR) is 89.9 cm³/mol. The van der Waals surface area contributed by atoms with E-state index in [1.165, 1.54) is 5.56 Å². The molecule has 2 aromatic rings. The van der Waals surface area contributed by atoms with E-state index in [0.29, 0.717) is 23.6 Å². The maximum atomic E-state index is 5.96. The zero-order valence-corrected chi connectivity index (χ0v) is 14.5. The summed E-state index contributed by atoms with van der Waals surface area (Å²) in [5.74, 6) is 3.54. The first-order chi connectivity index (χ1) is 9.95. The van der Waals surface area contributed by atoms with Gasteiger partial charge in [-0.25, -0.2) is 9.97 Å². The van der Waals surface area contributed by atoms with Crippen LogP contribution in [0, 0.1) is 24.7 Å². The molecule has 0 saturated heterocycles. The van der Waals surface area contributed by atoms with Gasteiger partial charge in [0.1, 0.15) is 11.3 Å². The van der Waals surface area contributed by atoms with Crippen LogP contribution in [0.3, 0.4) is 0 Å². The molecule has 0 aromatic carbocycles. The Balaban J connectivity index is 2.49. The minimum atomic E-state index is 0.594. The lowest BCUT2D eigenvalue weighted by atomic mass is 9.85. The summed E-state index contributed by atoms with van der Waals surface area (Å²) in [6.07, 6.45) is 2.67. The molecular formula is C17H26ClN3. The Bertz CT molecular complexity index is 593. The second-order valence-corrected chi connectivity index (χ2v) is 6.91. The summed E-state index contributed by atoms with van der Waals surface area (Å²) in [6, 6.07) is 2.02. The Labute approximate surface area is 132 Å². The molecule has 2 rings (SSSR count). The zero-order chi connectivity index (χ0) is 15.6. The van der Waals surface area contributed by atoms with E-state index in [9.17, 15) is 0 Å². The smallest absolute Gasteiger partial charge is 0.160 e. The predicted octanol–water partition coefficient (Wildman–Crippen LogP) is 4.45. The molecule has 0 fully saturated rings. The van der Waals surface area contributed by atoms with Crippen molar-refractivity contribution in [1.29, 1.82) is 0 Å². The molecule has 3 nitrogen and oxygen atoms in total. The maximum absolute atomic E-state index is 5.96. The van der Waals surface area contributed by atoms with E-state index < -0.39 is 0 Å². The molecule has 0 unspecified atom stereocenters. The molecular weight excluding hydrogens is 282 g/mol. The Morgan fingerprint density at radius 2 is 1.86 bits per heavy atom. The van der Waals surface area contributed by atoms with E-state index in [1.807, 2.05) is 12.3 Å². The Hall–Kier alpha value is -1.09. The topological polar surface area (TPSA) is 30.7 Å². The average molecular weight is 308 g/mol. The van der Waals surface area contributed by atoms with Crippen LogP contribution in [0.2, 0.25) is 0 Å². The van der Waals surface area contributed by atoms with Gasteiger partial charge >= 0.3 is 0 Å². The molecule has 0 aliphatic heterocycles. The Kier molecular flexibility index (Phi) is 5.26. The van der Waals surface area contributed by atoms with Gasteiger partial charge in [0.05, 0.1) is 0 Å². The lowest BCUT2D eigenvalue weighted by Crippen LogP contribution is -2.23. The second-order valence-electron chi connectivity index (χ2n) is 6.53. The lowest BCUT2D eigenvalue weighted by Gasteiger charge is -2.26. The van der Waals surface area contributed by atoms with E-state index in [2.05, 4.69) is 44.2 Å². The molecule has 21 heavy (non-hydrogen) atoms. The first-order valence-electron chi connectivity index (χ1n) is 7.82. The van der Waals surface area contributed by atoms with E-state index in [4.69, 9.17) is 16.6 Å². The van der Waals surface area contributed by atoms with Crippen molar-refractivity contribution in [3.8, 4) is 0 Å². The fourth-order valence-electron chi connectivity index (χ4n) is 3.05. The number of aromatic nitrogens is 3. The Morgan fingerprint density at radius 1 is 1.19 bits per heavy atom. The number of hydrogen-bond donors (Lipinski definition) is 0. The zero-order valence-electron chi connectivity index (χ0n) is 13.7. The highest BCUT2D eigenvalue weighted by atomic mass is 35.5. The van der Waals surface area contributed by atoms with Crippen LogP contribution in [0.15, 0.2) is 12.3 Å². The Morgan fingerprint density at radius 3 is 2.43 bits per heavy atom. The number of nitrogens with zero attached hydrogens (tertiary/aromatic N) is 3. The van der Waals surface area contributed by atoms with Gasteiger partial charge in [-0.3, -0.25) is 0 Å². The lowest BCUT2D eigenvalue weighted by molar-refractivity contribution is 0.251. The molecule has 0 atom stereocenters. The SMILES string of the molecule is Cc1ccnc2c1nc(CCCl)n2CC(C(C)C)C(C)C. The third-order valence-electron chi connectivity index (χ3n) is 4.34. The van der Waals surface area contributed by atoms with Crippen LogP contribution < -0.4 is 0 Å². The largest absolute Gasteiger partial charge is 0.312 e. The van der Waals surface area contributed by atoms with Gasteiger partial charge in [0.15, 0.2) is 5.65 Å². The number of imidazole rings is 1. The molecule has 0 spiro atoms. The minimum Gasteiger partial charge on any atom is -0.312 e. The molecule has 2 aromatic heterocycles. The van der Waals surface area contributed by atoms with Crippen LogP contribution in [-0.4, -0.2) is 20.4 Å². The van der Waals surface area contributed by atoms with E-state index in [-0.39, 0.29) is 0 Å². The van der Waals surface area contributed by atoms with Crippen molar-refractivity contribution >= 4 is 22.8 Å². The quantitative estimate of drug-likeness (QED) is 0.738. The van der Waals surface area contributed by atoms with Crippen molar-refractivity contribution in [2.45, 2.75) is 47.6 Å². The normalized spacial score (nSPS) is 12.2. The first-order valence-corrected chi connectivity index (χ1v) is 8.35. The standard InChI is InChI=1S/C17H26ClN3/c1-11(2)14(12(3)4)10-21-15(6-8-18)20-16-13(5)7-9-19-17(16)21/h7,9,11-12,14H,6,8,10H2,1-5H3. The summed E-state index contributed by atoms with van der Waals surface area (Å²) < 4.78 is 2.29. The van der Waals surface area contributed by atoms with E-state index in [0.717, 1.165) is 30.0 Å². The number of hydrogen-bond acceptors (Lipinski definition) is 2. The van der Waals surface area contributed by atoms with Crippen molar-refractivity contribution in [1.82, 2.24) is 14.5 Å². The molecule has 0 amide bonds. The molecule has 4 heteroatoms. The summed E-state index contributed by atoms with van der Waals surface area (Å²) >= 11 is 5.96. The summed E-state index contributed by atoms with van der Waals surface area (Å²) in [6.45, 7) is 12.2. The van der Waals surface area contributed by atoms with Crippen molar-refractivity contribution in [3.63, 3.8) is 0 Å². The number of fused-ring (bicyclic) bond motifs is 1. The van der Waals surface area contributed by atoms with E-state index >= 15 is 0 Å². The van der Waals surface area contributed by atoms with Gasteiger partial charge in [-0.2, -0.15) is 0 Å². The first kappa shape index (κ1) is 16.3. The van der Waals surface area contributed by atoms with Crippen LogP contribution in [0.4, 0.5) is 0 Å². The third kappa shape index (κ3) is 3.39. The summed E-state index contributed by atoms with van der Waals surface area (Å²) in [5, 5.41) is 0. The molecule has 0 N–H and O–H groups in total. The number of halogens is 1. The highest BCUT2D eigenvalue weighted by Gasteiger charge is 2.22. The summed E-state index contributed by atoms with van der Waals surface area (Å²) in [7, 11) is 0. The molecule has 0 aliphatic rings. The van der Waals surface area contributed by atoms with Crippen LogP contribution in [0.5, 0.6) is 0 Å². The molecule has 0 aliphatic carbocycles. The van der Waals surface area contributed by atoms with Gasteiger partial charge in [0.25, 0.3) is 0 Å². The van der Waals surface area contributed by atoms with Crippen LogP contribution in [0.25, 0.3) is 11.2 Å². The van der Waals surface area contributed by atoms with Gasteiger partial charge in [-0.1, -0.05) is 27.7 Å². The van der Waals surface area contributed by atoms with Crippen molar-refractivity contribution in [2.24, 2.45) is 17.8 Å². The molecule has 0 bridgehead atoms. The van der Waals surface area contributed by atoms with Crippen molar-refractivity contribution < 1.29 is 0 Å². The number of aryl methyl sites for hydroxylation is 2. The monoisotopic (exact) mass is 307 g/mol. The van der Waals surface area contributed by atoms with Crippen LogP contribution in [0.1, 0.15) is 39.1 Å². The van der Waals surface area contributed by atoms with Gasteiger partial charge in [-0.15, -0.1) is 11.6 Å². The van der Waals surface area contributed by atoms with E-state index in [1.54, 1.807) is 0 Å². The molecule has 0 radical (unpaired) electrons. The minimum absolute atomic E-state index is 0.594. The van der Waals surface area contributed by atoms with Crippen molar-refractivity contribution in [3.05, 3.63) is 23.7 Å². The van der Waals surface area contributed by atoms with Gasteiger partial charge in [0, 0.05) is 25.0 Å². The number of pyridine rings is 1. The average Bonchev–Trinajstić information content (AvgIpc) is 2.75. The highest BCUT2D eigenvalue weighted by molar-refractivity contribution is 6.17. The molecule has 116 valence electrons. The van der Waals surface area contributed by atoms with Gasteiger partial charge in [0.2, 0.25) is 0 Å². The van der Waals surface area contributed by atoms with Gasteiger partial charge in [-0.05, 0) is 36.3 Å². The number of alkyl halides is 1. The third-order valence-corrected chi connectivity index (χ3v) is 4.53. The molecule has 0 saturated carbocycles. The van der Waals surface area contributed by atoms with Crippen LogP contribution >= 0.6 is 11.6 Å². The summed E-state index contributed by atoms with van der Waals surface area (Å²) in [5.41, 5.74) is 3.20. The van der Waals surface area contributed by atoms with Crippen LogP contribution in [-0.2, 0) is 13.0 Å². The van der Waals surface area contributed by atoms with Crippen molar-refractivity contribution in [2.75, 3.05) is 5.88 Å². The van der Waals surface area contributed by atoms with Gasteiger partial charge < -0.3 is 4.57 Å². The molecule has 2 heterocycles.